The molecule has 1 aromatic carbocycles. The minimum absolute atomic E-state index is 0.0341. The number of hydrogen-bond acceptors (Lipinski definition) is 3. The predicted octanol–water partition coefficient (Wildman–Crippen LogP) is 5.73. The summed E-state index contributed by atoms with van der Waals surface area (Å²) in [5.41, 5.74) is 0.502. The molecule has 2 aromatic rings. The van der Waals surface area contributed by atoms with Gasteiger partial charge in [0.05, 0.1) is 16.7 Å². The molecule has 0 spiro atoms. The van der Waals surface area contributed by atoms with Gasteiger partial charge in [0.15, 0.2) is 10.3 Å². The van der Waals surface area contributed by atoms with Crippen LogP contribution in [0.15, 0.2) is 21.2 Å². The van der Waals surface area contributed by atoms with E-state index in [4.69, 9.17) is 23.2 Å². The fraction of sp³-hybridized carbons (Fsp3) is 0.100. The molecule has 1 aromatic heterocycles. The Morgan fingerprint density at radius 3 is 2.67 bits per heavy atom. The Morgan fingerprint density at radius 2 is 2.06 bits per heavy atom. The standard InChI is InChI=1S/C10H5Br2Cl2FN2S/c11-5-1-6(12)9(7(13)8(5)15)16-2-4-3-17-10(14)18-4/h1,3,16H,2H2. The van der Waals surface area contributed by atoms with Crippen molar-refractivity contribution in [3.8, 4) is 0 Å². The van der Waals surface area contributed by atoms with Gasteiger partial charge in [-0.25, -0.2) is 9.37 Å². The Morgan fingerprint density at radius 1 is 1.33 bits per heavy atom. The summed E-state index contributed by atoms with van der Waals surface area (Å²) in [5.74, 6) is -0.496. The first-order valence-corrected chi connectivity index (χ1v) is 7.82. The van der Waals surface area contributed by atoms with Gasteiger partial charge < -0.3 is 5.32 Å². The van der Waals surface area contributed by atoms with Crippen molar-refractivity contribution in [3.63, 3.8) is 0 Å². The molecule has 0 saturated carbocycles. The van der Waals surface area contributed by atoms with E-state index in [0.29, 0.717) is 25.6 Å². The Bertz CT molecular complexity index is 591. The Labute approximate surface area is 134 Å². The molecule has 0 unspecified atom stereocenters. The molecule has 1 heterocycles. The van der Waals surface area contributed by atoms with E-state index in [1.807, 2.05) is 0 Å². The lowest BCUT2D eigenvalue weighted by atomic mass is 10.3. The topological polar surface area (TPSA) is 24.9 Å². The minimum atomic E-state index is -0.496. The molecule has 0 aliphatic heterocycles. The van der Waals surface area contributed by atoms with Gasteiger partial charge >= 0.3 is 0 Å². The fourth-order valence-corrected chi connectivity index (χ4v) is 3.99. The Kier molecular flexibility index (Phi) is 4.88. The first kappa shape index (κ1) is 14.5. The van der Waals surface area contributed by atoms with Gasteiger partial charge in [0.25, 0.3) is 0 Å². The molecule has 96 valence electrons. The lowest BCUT2D eigenvalue weighted by molar-refractivity contribution is 0.621. The van der Waals surface area contributed by atoms with Crippen LogP contribution >= 0.6 is 66.4 Å². The van der Waals surface area contributed by atoms with Gasteiger partial charge in [-0.05, 0) is 37.9 Å². The van der Waals surface area contributed by atoms with Crippen LogP contribution in [0.2, 0.25) is 9.49 Å². The zero-order chi connectivity index (χ0) is 13.3. The molecule has 2 rings (SSSR count). The molecule has 1 N–H and O–H groups in total. The summed E-state index contributed by atoms with van der Waals surface area (Å²) in [6.45, 7) is 0.476. The maximum atomic E-state index is 13.6. The number of halogens is 5. The number of nitrogens with zero attached hydrogens (tertiary/aromatic N) is 1. The molecule has 8 heteroatoms. The van der Waals surface area contributed by atoms with E-state index in [-0.39, 0.29) is 5.02 Å². The predicted molar refractivity (Wildman–Crippen MR) is 81.3 cm³/mol. The largest absolute Gasteiger partial charge is 0.378 e. The van der Waals surface area contributed by atoms with Gasteiger partial charge in [-0.3, -0.25) is 0 Å². The summed E-state index contributed by atoms with van der Waals surface area (Å²) >= 11 is 19.4. The van der Waals surface area contributed by atoms with Crippen LogP contribution < -0.4 is 5.32 Å². The highest BCUT2D eigenvalue weighted by molar-refractivity contribution is 9.11. The van der Waals surface area contributed by atoms with Crippen LogP contribution in [0.1, 0.15) is 4.88 Å². The van der Waals surface area contributed by atoms with Gasteiger partial charge in [-0.15, -0.1) is 11.3 Å². The number of nitrogens with one attached hydrogen (secondary N) is 1. The number of rotatable bonds is 3. The number of benzene rings is 1. The first-order chi connectivity index (χ1) is 8.49. The summed E-state index contributed by atoms with van der Waals surface area (Å²) in [7, 11) is 0. The van der Waals surface area contributed by atoms with E-state index in [1.54, 1.807) is 12.3 Å². The van der Waals surface area contributed by atoms with Crippen LogP contribution in [0, 0.1) is 5.82 Å². The normalized spacial score (nSPS) is 10.7. The first-order valence-electron chi connectivity index (χ1n) is 4.66. The third kappa shape index (κ3) is 3.17. The molecule has 0 radical (unpaired) electrons. The highest BCUT2D eigenvalue weighted by Crippen LogP contribution is 2.37. The maximum absolute atomic E-state index is 13.6. The summed E-state index contributed by atoms with van der Waals surface area (Å²) in [4.78, 5) is 4.86. The van der Waals surface area contributed by atoms with E-state index in [9.17, 15) is 4.39 Å². The van der Waals surface area contributed by atoms with Gasteiger partial charge in [0, 0.05) is 15.5 Å². The molecule has 0 fully saturated rings. The van der Waals surface area contributed by atoms with Gasteiger partial charge in [0.1, 0.15) is 5.02 Å². The lowest BCUT2D eigenvalue weighted by Gasteiger charge is -2.11. The van der Waals surface area contributed by atoms with E-state index in [1.165, 1.54) is 11.3 Å². The van der Waals surface area contributed by atoms with Gasteiger partial charge in [0.2, 0.25) is 0 Å². The molecule has 2 nitrogen and oxygen atoms in total. The van der Waals surface area contributed by atoms with Crippen LogP contribution in [0.5, 0.6) is 0 Å². The average molecular weight is 435 g/mol. The molecule has 0 aliphatic rings. The SMILES string of the molecule is Fc1c(Br)cc(Br)c(NCc2cnc(Cl)s2)c1Cl. The van der Waals surface area contributed by atoms with E-state index >= 15 is 0 Å². The number of anilines is 1. The summed E-state index contributed by atoms with van der Waals surface area (Å²) in [6.07, 6.45) is 1.66. The van der Waals surface area contributed by atoms with Crippen LogP contribution in [0.3, 0.4) is 0 Å². The van der Waals surface area contributed by atoms with Crippen molar-refractivity contribution in [3.05, 3.63) is 41.4 Å². The quantitative estimate of drug-likeness (QED) is 0.493. The van der Waals surface area contributed by atoms with Gasteiger partial charge in [-0.1, -0.05) is 23.2 Å². The Balaban J connectivity index is 2.22. The van der Waals surface area contributed by atoms with Crippen molar-refractivity contribution < 1.29 is 4.39 Å². The lowest BCUT2D eigenvalue weighted by Crippen LogP contribution is -2.00. The van der Waals surface area contributed by atoms with Crippen molar-refractivity contribution in [1.82, 2.24) is 4.98 Å². The average Bonchev–Trinajstić information content (AvgIpc) is 2.72. The zero-order valence-electron chi connectivity index (χ0n) is 8.61. The second-order valence-corrected chi connectivity index (χ2v) is 7.06. The van der Waals surface area contributed by atoms with Gasteiger partial charge in [-0.2, -0.15) is 0 Å². The van der Waals surface area contributed by atoms with Crippen molar-refractivity contribution in [2.75, 3.05) is 5.32 Å². The van der Waals surface area contributed by atoms with Crippen molar-refractivity contribution >= 4 is 72.1 Å². The van der Waals surface area contributed by atoms with Crippen LogP contribution in [-0.2, 0) is 6.54 Å². The third-order valence-corrected chi connectivity index (χ3v) is 4.75. The fourth-order valence-electron chi connectivity index (χ4n) is 1.27. The van der Waals surface area contributed by atoms with E-state index in [0.717, 1.165) is 4.88 Å². The maximum Gasteiger partial charge on any atom is 0.183 e. The number of thiazole rings is 1. The highest BCUT2D eigenvalue weighted by Gasteiger charge is 2.14. The van der Waals surface area contributed by atoms with E-state index in [2.05, 4.69) is 42.2 Å². The van der Waals surface area contributed by atoms with Crippen molar-refractivity contribution in [2.45, 2.75) is 6.54 Å². The van der Waals surface area contributed by atoms with Crippen LogP contribution in [-0.4, -0.2) is 4.98 Å². The monoisotopic (exact) mass is 432 g/mol. The second kappa shape index (κ2) is 6.05. The number of aromatic nitrogens is 1. The molecular weight excluding hydrogens is 430 g/mol. The molecule has 0 atom stereocenters. The summed E-state index contributed by atoms with van der Waals surface area (Å²) in [5, 5.41) is 3.09. The number of hydrogen-bond donors (Lipinski definition) is 1. The third-order valence-electron chi connectivity index (χ3n) is 2.08. The Hall–Kier alpha value is 0.120. The van der Waals surface area contributed by atoms with Crippen LogP contribution in [0.25, 0.3) is 0 Å². The van der Waals surface area contributed by atoms with Crippen molar-refractivity contribution in [1.29, 1.82) is 0 Å². The van der Waals surface area contributed by atoms with Crippen molar-refractivity contribution in [2.24, 2.45) is 0 Å². The minimum Gasteiger partial charge on any atom is -0.378 e. The molecule has 0 aliphatic carbocycles. The second-order valence-electron chi connectivity index (χ2n) is 3.28. The van der Waals surface area contributed by atoms with Crippen LogP contribution in [0.4, 0.5) is 10.1 Å². The zero-order valence-corrected chi connectivity index (χ0v) is 14.1. The summed E-state index contributed by atoms with van der Waals surface area (Å²) < 4.78 is 15.1. The molecule has 0 bridgehead atoms. The molecule has 0 amide bonds. The highest BCUT2D eigenvalue weighted by atomic mass is 79.9. The molecule has 18 heavy (non-hydrogen) atoms. The summed E-state index contributed by atoms with van der Waals surface area (Å²) in [6, 6.07) is 1.60. The van der Waals surface area contributed by atoms with E-state index < -0.39 is 5.82 Å². The molecule has 0 saturated heterocycles. The smallest absolute Gasteiger partial charge is 0.183 e. The molecular formula is C10H5Br2Cl2FN2S.